The standard InChI is InChI=1S/C33H32FN5/c1-37-32(12-16-36-37)24-6-11-33-29(20-24)30(22-39(33)27-9-7-26(34)8-10-27)23-13-17-38(18-14-23)19-15-25-21-35-31-5-3-2-4-28(25)31/h2-12,16,20-23,35H,13-15,17-19H2,1H3. The minimum Gasteiger partial charge on any atom is -0.361 e. The molecule has 0 spiro atoms. The number of hydrogen-bond donors (Lipinski definition) is 1. The van der Waals surface area contributed by atoms with Gasteiger partial charge >= 0.3 is 0 Å². The molecule has 6 aromatic rings. The lowest BCUT2D eigenvalue weighted by atomic mass is 9.88. The molecule has 5 nitrogen and oxygen atoms in total. The number of fused-ring (bicyclic) bond motifs is 2. The van der Waals surface area contributed by atoms with E-state index in [9.17, 15) is 4.39 Å². The number of para-hydroxylation sites is 1. The highest BCUT2D eigenvalue weighted by molar-refractivity contribution is 5.90. The molecule has 3 aromatic heterocycles. The number of piperidine rings is 1. The molecule has 0 atom stereocenters. The zero-order chi connectivity index (χ0) is 26.3. The van der Waals surface area contributed by atoms with Crippen molar-refractivity contribution in [3.8, 4) is 16.9 Å². The third-order valence-corrected chi connectivity index (χ3v) is 8.46. The van der Waals surface area contributed by atoms with Crippen LogP contribution in [0.2, 0.25) is 0 Å². The highest BCUT2D eigenvalue weighted by Crippen LogP contribution is 2.38. The molecule has 0 unspecified atom stereocenters. The molecule has 196 valence electrons. The molecular formula is C33H32FN5. The van der Waals surface area contributed by atoms with E-state index in [-0.39, 0.29) is 5.82 Å². The Balaban J connectivity index is 1.15. The SMILES string of the molecule is Cn1nccc1-c1ccc2c(c1)c(C1CCN(CCc3c[nH]c4ccccc34)CC1)cn2-c1ccc(F)cc1. The van der Waals surface area contributed by atoms with E-state index in [1.807, 2.05) is 30.1 Å². The maximum atomic E-state index is 13.7. The summed E-state index contributed by atoms with van der Waals surface area (Å²) in [4.78, 5) is 6.02. The van der Waals surface area contributed by atoms with Gasteiger partial charge in [-0.15, -0.1) is 0 Å². The van der Waals surface area contributed by atoms with E-state index >= 15 is 0 Å². The Labute approximate surface area is 227 Å². The summed E-state index contributed by atoms with van der Waals surface area (Å²) in [6.07, 6.45) is 9.63. The summed E-state index contributed by atoms with van der Waals surface area (Å²) in [6.45, 7) is 3.27. The number of aryl methyl sites for hydroxylation is 1. The predicted molar refractivity (Wildman–Crippen MR) is 156 cm³/mol. The molecule has 4 heterocycles. The number of aromatic amines is 1. The van der Waals surface area contributed by atoms with E-state index in [0.29, 0.717) is 5.92 Å². The fourth-order valence-corrected chi connectivity index (χ4v) is 6.30. The van der Waals surface area contributed by atoms with Gasteiger partial charge in [-0.05, 0) is 97.9 Å². The number of H-pyrrole nitrogens is 1. The fourth-order valence-electron chi connectivity index (χ4n) is 6.30. The van der Waals surface area contributed by atoms with E-state index in [2.05, 4.69) is 80.5 Å². The van der Waals surface area contributed by atoms with Gasteiger partial charge in [-0.1, -0.05) is 24.3 Å². The molecule has 39 heavy (non-hydrogen) atoms. The number of hydrogen-bond acceptors (Lipinski definition) is 2. The van der Waals surface area contributed by atoms with Crippen molar-refractivity contribution >= 4 is 21.8 Å². The van der Waals surface area contributed by atoms with Gasteiger partial charge in [-0.25, -0.2) is 4.39 Å². The lowest BCUT2D eigenvalue weighted by Gasteiger charge is -2.32. The largest absolute Gasteiger partial charge is 0.361 e. The Bertz CT molecular complexity index is 1750. The topological polar surface area (TPSA) is 41.8 Å². The normalized spacial score (nSPS) is 15.0. The van der Waals surface area contributed by atoms with Gasteiger partial charge in [0.1, 0.15) is 5.82 Å². The number of nitrogens with one attached hydrogen (secondary N) is 1. The number of rotatable bonds is 6. The molecular weight excluding hydrogens is 485 g/mol. The van der Waals surface area contributed by atoms with Crippen LogP contribution in [0.4, 0.5) is 4.39 Å². The van der Waals surface area contributed by atoms with E-state index in [1.165, 1.54) is 39.5 Å². The van der Waals surface area contributed by atoms with E-state index in [4.69, 9.17) is 0 Å². The van der Waals surface area contributed by atoms with Crippen LogP contribution in [0.5, 0.6) is 0 Å². The van der Waals surface area contributed by atoms with Crippen LogP contribution < -0.4 is 0 Å². The first-order chi connectivity index (χ1) is 19.1. The Morgan fingerprint density at radius 1 is 0.949 bits per heavy atom. The second-order valence-corrected chi connectivity index (χ2v) is 10.7. The summed E-state index contributed by atoms with van der Waals surface area (Å²) in [7, 11) is 1.98. The molecule has 7 rings (SSSR count). The molecule has 3 aromatic carbocycles. The Morgan fingerprint density at radius 2 is 1.77 bits per heavy atom. The zero-order valence-corrected chi connectivity index (χ0v) is 22.1. The molecule has 1 saturated heterocycles. The van der Waals surface area contributed by atoms with E-state index in [1.54, 1.807) is 0 Å². The number of nitrogens with zero attached hydrogens (tertiary/aromatic N) is 4. The summed E-state index contributed by atoms with van der Waals surface area (Å²) in [6, 6.07) is 24.1. The lowest BCUT2D eigenvalue weighted by molar-refractivity contribution is 0.215. The van der Waals surface area contributed by atoms with Crippen molar-refractivity contribution in [1.29, 1.82) is 0 Å². The summed E-state index contributed by atoms with van der Waals surface area (Å²) >= 11 is 0. The Hall–Kier alpha value is -4.16. The summed E-state index contributed by atoms with van der Waals surface area (Å²) < 4.78 is 17.8. The first-order valence-corrected chi connectivity index (χ1v) is 13.8. The molecule has 1 aliphatic heterocycles. The van der Waals surface area contributed by atoms with E-state index in [0.717, 1.165) is 61.4 Å². The van der Waals surface area contributed by atoms with Gasteiger partial charge in [0.15, 0.2) is 0 Å². The maximum absolute atomic E-state index is 13.7. The Morgan fingerprint density at radius 3 is 2.56 bits per heavy atom. The molecule has 0 aliphatic carbocycles. The first-order valence-electron chi connectivity index (χ1n) is 13.8. The van der Waals surface area contributed by atoms with Crippen LogP contribution in [0.15, 0.2) is 91.4 Å². The summed E-state index contributed by atoms with van der Waals surface area (Å²) in [5.74, 6) is 0.272. The van der Waals surface area contributed by atoms with Crippen molar-refractivity contribution in [3.63, 3.8) is 0 Å². The number of aromatic nitrogens is 4. The lowest BCUT2D eigenvalue weighted by Crippen LogP contribution is -2.34. The van der Waals surface area contributed by atoms with Gasteiger partial charge in [0.05, 0.1) is 11.2 Å². The van der Waals surface area contributed by atoms with Crippen LogP contribution in [-0.4, -0.2) is 43.9 Å². The minimum absolute atomic E-state index is 0.214. The van der Waals surface area contributed by atoms with Crippen molar-refractivity contribution in [1.82, 2.24) is 24.2 Å². The van der Waals surface area contributed by atoms with Crippen molar-refractivity contribution in [3.05, 3.63) is 108 Å². The summed E-state index contributed by atoms with van der Waals surface area (Å²) in [5, 5.41) is 6.99. The maximum Gasteiger partial charge on any atom is 0.123 e. The average molecular weight is 518 g/mol. The second kappa shape index (κ2) is 9.86. The van der Waals surface area contributed by atoms with Gasteiger partial charge in [-0.3, -0.25) is 4.68 Å². The van der Waals surface area contributed by atoms with Crippen LogP contribution in [0.25, 0.3) is 38.8 Å². The molecule has 1 aliphatic rings. The van der Waals surface area contributed by atoms with Crippen LogP contribution in [0.1, 0.15) is 29.9 Å². The van der Waals surface area contributed by atoms with Crippen LogP contribution >= 0.6 is 0 Å². The van der Waals surface area contributed by atoms with Crippen LogP contribution in [0.3, 0.4) is 0 Å². The zero-order valence-electron chi connectivity index (χ0n) is 22.1. The fraction of sp³-hybridized carbons (Fsp3) is 0.242. The van der Waals surface area contributed by atoms with Crippen LogP contribution in [0, 0.1) is 5.82 Å². The van der Waals surface area contributed by atoms with Crippen molar-refractivity contribution < 1.29 is 4.39 Å². The van der Waals surface area contributed by atoms with Crippen molar-refractivity contribution in [2.45, 2.75) is 25.2 Å². The van der Waals surface area contributed by atoms with Gasteiger partial charge in [0.25, 0.3) is 0 Å². The molecule has 1 N–H and O–H groups in total. The molecule has 6 heteroatoms. The number of likely N-dealkylation sites (tertiary alicyclic amines) is 1. The van der Waals surface area contributed by atoms with Gasteiger partial charge in [0, 0.05) is 59.7 Å². The Kier molecular flexibility index (Phi) is 6.05. The molecule has 0 saturated carbocycles. The van der Waals surface area contributed by atoms with Gasteiger partial charge in [0.2, 0.25) is 0 Å². The first kappa shape index (κ1) is 23.9. The third-order valence-electron chi connectivity index (χ3n) is 8.46. The van der Waals surface area contributed by atoms with Gasteiger partial charge in [-0.2, -0.15) is 5.10 Å². The monoisotopic (exact) mass is 517 g/mol. The molecule has 0 bridgehead atoms. The highest BCUT2D eigenvalue weighted by Gasteiger charge is 2.25. The second-order valence-electron chi connectivity index (χ2n) is 10.7. The smallest absolute Gasteiger partial charge is 0.123 e. The minimum atomic E-state index is -0.214. The average Bonchev–Trinajstić information content (AvgIpc) is 3.69. The quantitative estimate of drug-likeness (QED) is 0.257. The molecule has 0 amide bonds. The van der Waals surface area contributed by atoms with Crippen LogP contribution in [-0.2, 0) is 13.5 Å². The van der Waals surface area contributed by atoms with Gasteiger partial charge < -0.3 is 14.5 Å². The van der Waals surface area contributed by atoms with Crippen molar-refractivity contribution in [2.75, 3.05) is 19.6 Å². The summed E-state index contributed by atoms with van der Waals surface area (Å²) in [5.41, 5.74) is 8.41. The highest BCUT2D eigenvalue weighted by atomic mass is 19.1. The third kappa shape index (κ3) is 4.45. The molecule has 0 radical (unpaired) electrons. The number of benzene rings is 3. The van der Waals surface area contributed by atoms with Crippen molar-refractivity contribution in [2.24, 2.45) is 7.05 Å². The molecule has 1 fully saturated rings. The number of halogens is 1. The van der Waals surface area contributed by atoms with E-state index < -0.39 is 0 Å². The predicted octanol–water partition coefficient (Wildman–Crippen LogP) is 7.07.